The van der Waals surface area contributed by atoms with E-state index in [4.69, 9.17) is 14.2 Å². The normalized spacial score (nSPS) is 11.5. The molecule has 30 heavy (non-hydrogen) atoms. The van der Waals surface area contributed by atoms with Crippen molar-refractivity contribution in [1.82, 2.24) is 10.6 Å². The van der Waals surface area contributed by atoms with E-state index in [2.05, 4.69) is 15.6 Å². The summed E-state index contributed by atoms with van der Waals surface area (Å²) in [6.07, 6.45) is 0. The molecule has 0 aliphatic heterocycles. The number of nitrogens with zero attached hydrogens (tertiary/aromatic N) is 1. The second-order valence-corrected chi connectivity index (χ2v) is 6.35. The molecule has 2 N–H and O–H groups in total. The quantitative estimate of drug-likeness (QED) is 0.423. The van der Waals surface area contributed by atoms with Gasteiger partial charge in [0.15, 0.2) is 17.5 Å². The van der Waals surface area contributed by atoms with Crippen LogP contribution in [0.2, 0.25) is 0 Å². The van der Waals surface area contributed by atoms with Crippen molar-refractivity contribution in [3.8, 4) is 11.5 Å². The Labute approximate surface area is 176 Å². The number of hydrogen-bond acceptors (Lipinski definition) is 4. The van der Waals surface area contributed by atoms with E-state index in [9.17, 15) is 8.78 Å². The monoisotopic (exact) mass is 421 g/mol. The largest absolute Gasteiger partial charge is 0.490 e. The van der Waals surface area contributed by atoms with E-state index >= 15 is 0 Å². The maximum atomic E-state index is 12.9. The van der Waals surface area contributed by atoms with Crippen molar-refractivity contribution in [2.24, 2.45) is 4.99 Å². The number of ether oxygens (including phenoxy) is 3. The van der Waals surface area contributed by atoms with Gasteiger partial charge in [-0.15, -0.1) is 0 Å². The number of para-hydroxylation sites is 1. The Kier molecular flexibility index (Phi) is 9.86. The average molecular weight is 421 g/mol. The zero-order valence-electron chi connectivity index (χ0n) is 17.6. The van der Waals surface area contributed by atoms with Gasteiger partial charge in [0, 0.05) is 25.8 Å². The molecule has 0 radical (unpaired) electrons. The van der Waals surface area contributed by atoms with Gasteiger partial charge in [-0.25, -0.2) is 4.99 Å². The van der Waals surface area contributed by atoms with Crippen LogP contribution in [-0.4, -0.2) is 32.8 Å². The van der Waals surface area contributed by atoms with Gasteiger partial charge in [-0.1, -0.05) is 36.4 Å². The summed E-state index contributed by atoms with van der Waals surface area (Å²) >= 11 is 0. The summed E-state index contributed by atoms with van der Waals surface area (Å²) in [4.78, 5) is 4.57. The van der Waals surface area contributed by atoms with E-state index in [1.54, 1.807) is 32.2 Å². The molecule has 0 fully saturated rings. The highest BCUT2D eigenvalue weighted by atomic mass is 19.3. The molecule has 164 valence electrons. The van der Waals surface area contributed by atoms with E-state index in [0.717, 1.165) is 11.1 Å². The fourth-order valence-corrected chi connectivity index (χ4v) is 2.79. The third kappa shape index (κ3) is 7.51. The van der Waals surface area contributed by atoms with E-state index in [0.29, 0.717) is 37.8 Å². The second kappa shape index (κ2) is 12.6. The van der Waals surface area contributed by atoms with Crippen molar-refractivity contribution in [2.75, 3.05) is 20.3 Å². The molecular weight excluding hydrogens is 392 g/mol. The van der Waals surface area contributed by atoms with Crippen LogP contribution in [0.5, 0.6) is 11.5 Å². The summed E-state index contributed by atoms with van der Waals surface area (Å²) < 4.78 is 41.0. The van der Waals surface area contributed by atoms with E-state index in [1.165, 1.54) is 0 Å². The molecule has 0 aromatic heterocycles. The number of halogens is 2. The van der Waals surface area contributed by atoms with Crippen LogP contribution in [0.15, 0.2) is 47.5 Å². The number of benzene rings is 2. The molecule has 2 rings (SSSR count). The number of alkyl halides is 2. The summed E-state index contributed by atoms with van der Waals surface area (Å²) in [5.74, 6) is 0.893. The standard InChI is InChI=1S/C22H29F2N3O3/c1-4-25-22(26-13-16-9-11-17(12-10-16)15-28-3)27-14-18-7-6-8-19(29-5-2)20(18)30-21(23)24/h6-12,21H,4-5,13-15H2,1-3H3,(H2,25,26,27). The minimum atomic E-state index is -2.94. The number of methoxy groups -OCH3 is 1. The zero-order valence-corrected chi connectivity index (χ0v) is 17.6. The third-order valence-electron chi connectivity index (χ3n) is 4.11. The van der Waals surface area contributed by atoms with Gasteiger partial charge >= 0.3 is 6.61 Å². The first-order chi connectivity index (χ1) is 14.6. The number of nitrogens with one attached hydrogen (secondary N) is 2. The molecule has 6 nitrogen and oxygen atoms in total. The molecule has 0 spiro atoms. The van der Waals surface area contributed by atoms with E-state index in [1.807, 2.05) is 31.2 Å². The van der Waals surface area contributed by atoms with E-state index in [-0.39, 0.29) is 18.0 Å². The van der Waals surface area contributed by atoms with Gasteiger partial charge in [-0.2, -0.15) is 8.78 Å². The highest BCUT2D eigenvalue weighted by Gasteiger charge is 2.16. The summed E-state index contributed by atoms with van der Waals surface area (Å²) in [6, 6.07) is 13.1. The molecule has 2 aromatic rings. The SMILES string of the molecule is CCNC(=NCc1ccc(COC)cc1)NCc1cccc(OCC)c1OC(F)F. The van der Waals surface area contributed by atoms with Crippen molar-refractivity contribution in [3.05, 3.63) is 59.2 Å². The van der Waals surface area contributed by atoms with Crippen LogP contribution in [0, 0.1) is 0 Å². The Hall–Kier alpha value is -2.87. The summed E-state index contributed by atoms with van der Waals surface area (Å²) in [5.41, 5.74) is 2.69. The fourth-order valence-electron chi connectivity index (χ4n) is 2.79. The van der Waals surface area contributed by atoms with Crippen molar-refractivity contribution < 1.29 is 23.0 Å². The predicted molar refractivity (Wildman–Crippen MR) is 113 cm³/mol. The lowest BCUT2D eigenvalue weighted by molar-refractivity contribution is -0.0520. The van der Waals surface area contributed by atoms with Crippen LogP contribution in [0.25, 0.3) is 0 Å². The topological polar surface area (TPSA) is 64.1 Å². The van der Waals surface area contributed by atoms with Crippen LogP contribution in [0.3, 0.4) is 0 Å². The maximum absolute atomic E-state index is 12.9. The molecule has 0 atom stereocenters. The smallest absolute Gasteiger partial charge is 0.387 e. The predicted octanol–water partition coefficient (Wildman–Crippen LogP) is 4.09. The van der Waals surface area contributed by atoms with Gasteiger partial charge in [0.2, 0.25) is 0 Å². The van der Waals surface area contributed by atoms with E-state index < -0.39 is 6.61 Å². The first kappa shape index (κ1) is 23.4. The molecule has 0 unspecified atom stereocenters. The third-order valence-corrected chi connectivity index (χ3v) is 4.11. The lowest BCUT2D eigenvalue weighted by Gasteiger charge is -2.17. The molecule has 2 aromatic carbocycles. The Morgan fingerprint density at radius 1 is 1.03 bits per heavy atom. The maximum Gasteiger partial charge on any atom is 0.387 e. The Balaban J connectivity index is 2.09. The van der Waals surface area contributed by atoms with Gasteiger partial charge in [0.1, 0.15) is 0 Å². The van der Waals surface area contributed by atoms with Crippen LogP contribution in [0.1, 0.15) is 30.5 Å². The Bertz CT molecular complexity index is 799. The zero-order chi connectivity index (χ0) is 21.8. The Morgan fingerprint density at radius 3 is 2.40 bits per heavy atom. The van der Waals surface area contributed by atoms with Crippen LogP contribution >= 0.6 is 0 Å². The number of aliphatic imine (C=N–C) groups is 1. The Morgan fingerprint density at radius 2 is 1.77 bits per heavy atom. The van der Waals surface area contributed by atoms with Crippen molar-refractivity contribution in [2.45, 2.75) is 40.2 Å². The average Bonchev–Trinajstić information content (AvgIpc) is 2.73. The molecule has 0 saturated carbocycles. The number of guanidine groups is 1. The van der Waals surface area contributed by atoms with Gasteiger partial charge in [0.05, 0.1) is 19.8 Å². The second-order valence-electron chi connectivity index (χ2n) is 6.35. The van der Waals surface area contributed by atoms with Crippen LogP contribution < -0.4 is 20.1 Å². The fraction of sp³-hybridized carbons (Fsp3) is 0.409. The van der Waals surface area contributed by atoms with Crippen LogP contribution in [-0.2, 0) is 24.4 Å². The molecule has 0 aliphatic rings. The minimum absolute atomic E-state index is 0.0337. The molecule has 0 saturated heterocycles. The summed E-state index contributed by atoms with van der Waals surface area (Å²) in [5, 5.41) is 6.31. The summed E-state index contributed by atoms with van der Waals surface area (Å²) in [6.45, 7) is 3.11. The first-order valence-corrected chi connectivity index (χ1v) is 9.85. The molecule has 0 heterocycles. The molecule has 0 amide bonds. The number of rotatable bonds is 11. The van der Waals surface area contributed by atoms with Gasteiger partial charge in [-0.3, -0.25) is 0 Å². The van der Waals surface area contributed by atoms with Gasteiger partial charge < -0.3 is 24.8 Å². The molecule has 0 aliphatic carbocycles. The molecular formula is C22H29F2N3O3. The number of hydrogen-bond donors (Lipinski definition) is 2. The van der Waals surface area contributed by atoms with Crippen molar-refractivity contribution in [1.29, 1.82) is 0 Å². The molecule has 0 bridgehead atoms. The highest BCUT2D eigenvalue weighted by Crippen LogP contribution is 2.32. The van der Waals surface area contributed by atoms with Crippen LogP contribution in [0.4, 0.5) is 8.78 Å². The minimum Gasteiger partial charge on any atom is -0.490 e. The van der Waals surface area contributed by atoms with Crippen molar-refractivity contribution >= 4 is 5.96 Å². The molecule has 8 heteroatoms. The lowest BCUT2D eigenvalue weighted by Crippen LogP contribution is -2.36. The van der Waals surface area contributed by atoms with Gasteiger partial charge in [-0.05, 0) is 31.0 Å². The first-order valence-electron chi connectivity index (χ1n) is 9.85. The summed E-state index contributed by atoms with van der Waals surface area (Å²) in [7, 11) is 1.66. The highest BCUT2D eigenvalue weighted by molar-refractivity contribution is 5.79. The van der Waals surface area contributed by atoms with Gasteiger partial charge in [0.25, 0.3) is 0 Å². The lowest BCUT2D eigenvalue weighted by atomic mass is 10.1. The van der Waals surface area contributed by atoms with Crippen molar-refractivity contribution in [3.63, 3.8) is 0 Å².